The van der Waals surface area contributed by atoms with E-state index in [4.69, 9.17) is 4.74 Å². The summed E-state index contributed by atoms with van der Waals surface area (Å²) in [6.07, 6.45) is 5.02. The molecule has 1 aliphatic carbocycles. The quantitative estimate of drug-likeness (QED) is 0.611. The lowest BCUT2D eigenvalue weighted by atomic mass is 9.96. The molecule has 0 radical (unpaired) electrons. The number of amides is 1. The van der Waals surface area contributed by atoms with E-state index >= 15 is 0 Å². The van der Waals surface area contributed by atoms with Crippen molar-refractivity contribution in [1.82, 2.24) is 15.5 Å². The number of carbonyl (C=O) groups excluding carboxylic acids is 1. The van der Waals surface area contributed by atoms with E-state index in [1.165, 1.54) is 25.7 Å². The van der Waals surface area contributed by atoms with Crippen LogP contribution in [0.15, 0.2) is 0 Å². The molecule has 1 rings (SSSR count). The smallest absolute Gasteiger partial charge is 0.234 e. The summed E-state index contributed by atoms with van der Waals surface area (Å²) in [6.45, 7) is 2.42. The fourth-order valence-corrected chi connectivity index (χ4v) is 2.58. The van der Waals surface area contributed by atoms with Crippen LogP contribution in [0, 0.1) is 0 Å². The van der Waals surface area contributed by atoms with Crippen molar-refractivity contribution in [3.8, 4) is 0 Å². The lowest BCUT2D eigenvalue weighted by molar-refractivity contribution is -0.120. The standard InChI is InChI=1S/C13H27N3O2/c1-16(2)13(6-4-5-7-13)11-14-10-12(17)15-8-9-18-3/h14H,4-11H2,1-3H3,(H,15,17). The van der Waals surface area contributed by atoms with Crippen molar-refractivity contribution in [3.05, 3.63) is 0 Å². The highest BCUT2D eigenvalue weighted by Gasteiger charge is 2.35. The number of ether oxygens (including phenoxy) is 1. The molecular formula is C13H27N3O2. The molecule has 106 valence electrons. The molecule has 5 heteroatoms. The zero-order valence-corrected chi connectivity index (χ0v) is 11.9. The molecule has 2 N–H and O–H groups in total. The van der Waals surface area contributed by atoms with Gasteiger partial charge in [-0.2, -0.15) is 0 Å². The Hall–Kier alpha value is -0.650. The first-order chi connectivity index (χ1) is 8.60. The summed E-state index contributed by atoms with van der Waals surface area (Å²) >= 11 is 0. The van der Waals surface area contributed by atoms with Gasteiger partial charge in [-0.1, -0.05) is 12.8 Å². The van der Waals surface area contributed by atoms with Crippen LogP contribution in [-0.2, 0) is 9.53 Å². The van der Waals surface area contributed by atoms with Crippen molar-refractivity contribution in [2.24, 2.45) is 0 Å². The Labute approximate surface area is 110 Å². The molecular weight excluding hydrogens is 230 g/mol. The van der Waals surface area contributed by atoms with Crippen LogP contribution < -0.4 is 10.6 Å². The number of carbonyl (C=O) groups is 1. The average Bonchev–Trinajstić information content (AvgIpc) is 2.79. The maximum Gasteiger partial charge on any atom is 0.234 e. The lowest BCUT2D eigenvalue weighted by Crippen LogP contribution is -2.51. The molecule has 5 nitrogen and oxygen atoms in total. The van der Waals surface area contributed by atoms with Gasteiger partial charge in [0.05, 0.1) is 13.2 Å². The maximum atomic E-state index is 11.5. The van der Waals surface area contributed by atoms with E-state index in [1.807, 2.05) is 0 Å². The second-order valence-electron chi connectivity index (χ2n) is 5.27. The third-order valence-corrected chi connectivity index (χ3v) is 3.85. The number of hydrogen-bond acceptors (Lipinski definition) is 4. The fourth-order valence-electron chi connectivity index (χ4n) is 2.58. The molecule has 0 aromatic heterocycles. The van der Waals surface area contributed by atoms with Crippen LogP contribution in [0.25, 0.3) is 0 Å². The van der Waals surface area contributed by atoms with Gasteiger partial charge in [0.15, 0.2) is 0 Å². The summed E-state index contributed by atoms with van der Waals surface area (Å²) in [5.41, 5.74) is 0.243. The molecule has 0 bridgehead atoms. The van der Waals surface area contributed by atoms with Crippen LogP contribution in [0.3, 0.4) is 0 Å². The topological polar surface area (TPSA) is 53.6 Å². The highest BCUT2D eigenvalue weighted by molar-refractivity contribution is 5.77. The van der Waals surface area contributed by atoms with Crippen molar-refractivity contribution in [2.45, 2.75) is 31.2 Å². The zero-order chi connectivity index (χ0) is 13.4. The number of methoxy groups -OCH3 is 1. The molecule has 0 spiro atoms. The summed E-state index contributed by atoms with van der Waals surface area (Å²) in [5, 5.41) is 6.09. The molecule has 1 amide bonds. The van der Waals surface area contributed by atoms with Gasteiger partial charge >= 0.3 is 0 Å². The summed E-state index contributed by atoms with van der Waals surface area (Å²) in [4.78, 5) is 13.8. The summed E-state index contributed by atoms with van der Waals surface area (Å²) in [5.74, 6) is 0.0407. The molecule has 0 heterocycles. The highest BCUT2D eigenvalue weighted by atomic mass is 16.5. The van der Waals surface area contributed by atoms with Gasteiger partial charge in [-0.05, 0) is 26.9 Å². The fraction of sp³-hybridized carbons (Fsp3) is 0.923. The van der Waals surface area contributed by atoms with Gasteiger partial charge in [-0.25, -0.2) is 0 Å². The number of nitrogens with one attached hydrogen (secondary N) is 2. The summed E-state index contributed by atoms with van der Waals surface area (Å²) in [7, 11) is 5.89. The molecule has 1 fully saturated rings. The first-order valence-electron chi connectivity index (χ1n) is 6.74. The van der Waals surface area contributed by atoms with Crippen LogP contribution in [0.1, 0.15) is 25.7 Å². The minimum absolute atomic E-state index is 0.0407. The minimum atomic E-state index is 0.0407. The van der Waals surface area contributed by atoms with Crippen molar-refractivity contribution in [2.75, 3.05) is 47.4 Å². The predicted octanol–water partition coefficient (Wildman–Crippen LogP) is 0.213. The molecule has 18 heavy (non-hydrogen) atoms. The Balaban J connectivity index is 2.21. The normalized spacial score (nSPS) is 18.2. The Bertz CT molecular complexity index is 251. The van der Waals surface area contributed by atoms with E-state index in [1.54, 1.807) is 7.11 Å². The van der Waals surface area contributed by atoms with Gasteiger partial charge < -0.3 is 20.3 Å². The molecule has 0 aromatic rings. The van der Waals surface area contributed by atoms with Gasteiger partial charge in [-0.3, -0.25) is 4.79 Å². The van der Waals surface area contributed by atoms with Gasteiger partial charge in [0, 0.05) is 25.7 Å². The van der Waals surface area contributed by atoms with Crippen molar-refractivity contribution < 1.29 is 9.53 Å². The Morgan fingerprint density at radius 3 is 2.56 bits per heavy atom. The molecule has 0 atom stereocenters. The summed E-state index contributed by atoms with van der Waals surface area (Å²) < 4.78 is 4.88. The number of likely N-dealkylation sites (N-methyl/N-ethyl adjacent to an activating group) is 1. The molecule has 0 aliphatic heterocycles. The first-order valence-corrected chi connectivity index (χ1v) is 6.74. The van der Waals surface area contributed by atoms with E-state index < -0.39 is 0 Å². The Morgan fingerprint density at radius 1 is 1.33 bits per heavy atom. The molecule has 0 unspecified atom stereocenters. The number of nitrogens with zero attached hydrogens (tertiary/aromatic N) is 1. The van der Waals surface area contributed by atoms with E-state index in [2.05, 4.69) is 29.6 Å². The van der Waals surface area contributed by atoms with E-state index in [-0.39, 0.29) is 11.4 Å². The zero-order valence-electron chi connectivity index (χ0n) is 11.9. The monoisotopic (exact) mass is 257 g/mol. The van der Waals surface area contributed by atoms with Gasteiger partial charge in [0.25, 0.3) is 0 Å². The third-order valence-electron chi connectivity index (χ3n) is 3.85. The van der Waals surface area contributed by atoms with Crippen molar-refractivity contribution in [1.29, 1.82) is 0 Å². The van der Waals surface area contributed by atoms with Gasteiger partial charge in [0.1, 0.15) is 0 Å². The van der Waals surface area contributed by atoms with E-state index in [0.29, 0.717) is 19.7 Å². The van der Waals surface area contributed by atoms with Gasteiger partial charge in [-0.15, -0.1) is 0 Å². The van der Waals surface area contributed by atoms with Crippen molar-refractivity contribution in [3.63, 3.8) is 0 Å². The first kappa shape index (κ1) is 15.4. The van der Waals surface area contributed by atoms with Gasteiger partial charge in [0.2, 0.25) is 5.91 Å². The maximum absolute atomic E-state index is 11.5. The van der Waals surface area contributed by atoms with E-state index in [9.17, 15) is 4.79 Å². The predicted molar refractivity (Wildman–Crippen MR) is 72.6 cm³/mol. The third kappa shape index (κ3) is 4.55. The molecule has 0 aromatic carbocycles. The largest absolute Gasteiger partial charge is 0.383 e. The second-order valence-corrected chi connectivity index (χ2v) is 5.27. The van der Waals surface area contributed by atoms with Crippen LogP contribution in [0.4, 0.5) is 0 Å². The summed E-state index contributed by atoms with van der Waals surface area (Å²) in [6, 6.07) is 0. The van der Waals surface area contributed by atoms with Crippen LogP contribution in [0.5, 0.6) is 0 Å². The van der Waals surface area contributed by atoms with Crippen LogP contribution >= 0.6 is 0 Å². The second kappa shape index (κ2) is 7.71. The van der Waals surface area contributed by atoms with Crippen LogP contribution in [0.2, 0.25) is 0 Å². The molecule has 1 saturated carbocycles. The van der Waals surface area contributed by atoms with E-state index in [0.717, 1.165) is 6.54 Å². The Kier molecular flexibility index (Phi) is 6.60. The highest BCUT2D eigenvalue weighted by Crippen LogP contribution is 2.32. The molecule has 1 aliphatic rings. The number of hydrogen-bond donors (Lipinski definition) is 2. The SMILES string of the molecule is COCCNC(=O)CNCC1(N(C)C)CCCC1. The minimum Gasteiger partial charge on any atom is -0.383 e. The number of rotatable bonds is 8. The van der Waals surface area contributed by atoms with Crippen molar-refractivity contribution >= 4 is 5.91 Å². The average molecular weight is 257 g/mol. The van der Waals surface area contributed by atoms with Crippen LogP contribution in [-0.4, -0.2) is 63.8 Å². The lowest BCUT2D eigenvalue weighted by Gasteiger charge is -2.36. The Morgan fingerprint density at radius 2 is 2.00 bits per heavy atom. The molecule has 0 saturated heterocycles.